The summed E-state index contributed by atoms with van der Waals surface area (Å²) in [6.45, 7) is 2.16. The smallest absolute Gasteiger partial charge is 0.0552 e. The summed E-state index contributed by atoms with van der Waals surface area (Å²) in [4.78, 5) is 0. The molecule has 0 rings (SSSR count). The molecule has 1 nitrogen and oxygen atoms in total. The molecule has 0 aromatic heterocycles. The Hall–Kier alpha value is 0.370. The topological polar surface area (TPSA) is 23.9 Å². The molecule has 0 amide bonds. The van der Waals surface area contributed by atoms with Crippen LogP contribution in [0, 0.1) is 4.78 Å². The van der Waals surface area contributed by atoms with E-state index in [4.69, 9.17) is 4.78 Å². The zero-order chi connectivity index (χ0) is 6.41. The molecule has 0 saturated heterocycles. The molecule has 0 aliphatic heterocycles. The molecular weight excluding hydrogens is 138 g/mol. The van der Waals surface area contributed by atoms with Gasteiger partial charge in [0, 0.05) is 0 Å². The van der Waals surface area contributed by atoms with Crippen molar-refractivity contribution in [2.45, 2.75) is 26.2 Å². The van der Waals surface area contributed by atoms with Crippen molar-refractivity contribution in [3.8, 4) is 0 Å². The molecule has 50 valence electrons. The first-order chi connectivity index (χ1) is 3.77. The molecule has 0 heterocycles. The second-order valence-electron chi connectivity index (χ2n) is 1.76. The number of unbranched alkanes of at least 4 members (excludes halogenated alkanes) is 2. The predicted octanol–water partition coefficient (Wildman–Crippen LogP) is 2.02. The molecule has 0 aliphatic rings. The van der Waals surface area contributed by atoms with E-state index in [1.54, 1.807) is 0 Å². The summed E-state index contributed by atoms with van der Waals surface area (Å²) in [6, 6.07) is 0. The molecule has 0 unspecified atom stereocenters. The van der Waals surface area contributed by atoms with Crippen LogP contribution in [0.1, 0.15) is 26.2 Å². The van der Waals surface area contributed by atoms with E-state index in [9.17, 15) is 0 Å². The third-order valence-electron chi connectivity index (χ3n) is 0.933. The predicted molar refractivity (Wildman–Crippen MR) is 41.8 cm³/mol. The number of hydrogen-bond donors (Lipinski definition) is 1. The molecule has 0 aliphatic carbocycles. The fourth-order valence-electron chi connectivity index (χ4n) is 0.483. The highest BCUT2D eigenvalue weighted by Gasteiger charge is 1.75. The first-order valence-corrected chi connectivity index (χ1v) is 5.19. The van der Waals surface area contributed by atoms with Crippen molar-refractivity contribution in [1.29, 1.82) is 4.78 Å². The highest BCUT2D eigenvalue weighted by molar-refractivity contribution is 8.22. The van der Waals surface area contributed by atoms with Crippen LogP contribution in [0.2, 0.25) is 0 Å². The molecule has 0 saturated carbocycles. The second-order valence-corrected chi connectivity index (χ2v) is 4.06. The third kappa shape index (κ3) is 6.37. The van der Waals surface area contributed by atoms with Gasteiger partial charge in [-0.25, -0.2) is 0 Å². The minimum atomic E-state index is -0.484. The minimum absolute atomic E-state index is 0.484. The Labute approximate surface area is 57.6 Å². The fourth-order valence-corrected chi connectivity index (χ4v) is 1.30. The van der Waals surface area contributed by atoms with Gasteiger partial charge in [0.25, 0.3) is 0 Å². The maximum atomic E-state index is 7.00. The van der Waals surface area contributed by atoms with Crippen LogP contribution in [-0.4, -0.2) is 5.75 Å². The molecule has 0 atom stereocenters. The lowest BCUT2D eigenvalue weighted by atomic mass is 10.3. The zero-order valence-electron chi connectivity index (χ0n) is 5.14. The van der Waals surface area contributed by atoms with Crippen molar-refractivity contribution >= 4 is 20.4 Å². The lowest BCUT2D eigenvalue weighted by molar-refractivity contribution is 0.778. The molecule has 0 aromatic carbocycles. The summed E-state index contributed by atoms with van der Waals surface area (Å²) in [5.74, 6) is 0.920. The van der Waals surface area contributed by atoms with Gasteiger partial charge < -0.3 is 14.0 Å². The summed E-state index contributed by atoms with van der Waals surface area (Å²) in [6.07, 6.45) is 3.61. The molecule has 0 radical (unpaired) electrons. The second kappa shape index (κ2) is 5.51. The number of hydrogen-bond acceptors (Lipinski definition) is 3. The Balaban J connectivity index is 2.94. The Morgan fingerprint density at radius 2 is 2.12 bits per heavy atom. The Morgan fingerprint density at radius 1 is 1.50 bits per heavy atom. The summed E-state index contributed by atoms with van der Waals surface area (Å²) < 4.78 is 7.00. The normalized spacial score (nSPS) is 10.2. The quantitative estimate of drug-likeness (QED) is 0.481. The molecular formula is C5H12NS2-. The SMILES string of the molecule is CCCCC[S-](=N)=S. The van der Waals surface area contributed by atoms with Crippen LogP contribution < -0.4 is 0 Å². The van der Waals surface area contributed by atoms with Crippen LogP contribution in [0.15, 0.2) is 0 Å². The largest absolute Gasteiger partial charge is 0.441 e. The van der Waals surface area contributed by atoms with E-state index >= 15 is 0 Å². The van der Waals surface area contributed by atoms with Gasteiger partial charge >= 0.3 is 0 Å². The fraction of sp³-hybridized carbons (Fsp3) is 1.00. The average Bonchev–Trinajstić information content (AvgIpc) is 1.66. The highest BCUT2D eigenvalue weighted by Crippen LogP contribution is 1.92. The molecule has 1 N–H and O–H groups in total. The van der Waals surface area contributed by atoms with Crippen LogP contribution in [0.4, 0.5) is 0 Å². The van der Waals surface area contributed by atoms with Crippen molar-refractivity contribution in [1.82, 2.24) is 0 Å². The van der Waals surface area contributed by atoms with Crippen LogP contribution >= 0.6 is 0 Å². The van der Waals surface area contributed by atoms with Crippen molar-refractivity contribution in [2.75, 3.05) is 5.75 Å². The standard InChI is InChI=1S/C5H12NS2/c1-2-3-4-5-8(6)7/h6H,2-5H2,1H3/q-1. The van der Waals surface area contributed by atoms with Gasteiger partial charge in [0.15, 0.2) is 0 Å². The van der Waals surface area contributed by atoms with Crippen LogP contribution in [0.25, 0.3) is 0 Å². The van der Waals surface area contributed by atoms with E-state index in [0.29, 0.717) is 0 Å². The average molecular weight is 150 g/mol. The monoisotopic (exact) mass is 150 g/mol. The van der Waals surface area contributed by atoms with Gasteiger partial charge in [0.2, 0.25) is 0 Å². The summed E-state index contributed by atoms with van der Waals surface area (Å²) in [5.41, 5.74) is 0. The molecule has 8 heavy (non-hydrogen) atoms. The third-order valence-corrected chi connectivity index (χ3v) is 2.09. The minimum Gasteiger partial charge on any atom is -0.441 e. The van der Waals surface area contributed by atoms with Crippen molar-refractivity contribution in [3.05, 3.63) is 0 Å². The lowest BCUT2D eigenvalue weighted by Gasteiger charge is -1.98. The Morgan fingerprint density at radius 3 is 2.50 bits per heavy atom. The van der Waals surface area contributed by atoms with Gasteiger partial charge in [0.1, 0.15) is 0 Å². The first kappa shape index (κ1) is 8.37. The first-order valence-electron chi connectivity index (χ1n) is 2.87. The van der Waals surface area contributed by atoms with Gasteiger partial charge in [-0.05, 0) is 0 Å². The van der Waals surface area contributed by atoms with Gasteiger partial charge in [0.05, 0.1) is 0 Å². The van der Waals surface area contributed by atoms with E-state index in [1.807, 2.05) is 0 Å². The van der Waals surface area contributed by atoms with E-state index < -0.39 is 9.25 Å². The lowest BCUT2D eigenvalue weighted by Crippen LogP contribution is -1.82. The van der Waals surface area contributed by atoms with Crippen LogP contribution in [0.3, 0.4) is 0 Å². The van der Waals surface area contributed by atoms with Crippen LogP contribution in [0.5, 0.6) is 0 Å². The van der Waals surface area contributed by atoms with E-state index in [0.717, 1.165) is 12.2 Å². The maximum absolute atomic E-state index is 7.00. The van der Waals surface area contributed by atoms with E-state index in [-0.39, 0.29) is 0 Å². The molecule has 3 heteroatoms. The summed E-state index contributed by atoms with van der Waals surface area (Å²) in [7, 11) is -0.484. The summed E-state index contributed by atoms with van der Waals surface area (Å²) >= 11 is 4.69. The molecule has 0 aromatic rings. The number of nitrogens with one attached hydrogen (secondary N) is 1. The Kier molecular flexibility index (Phi) is 5.76. The van der Waals surface area contributed by atoms with Crippen molar-refractivity contribution < 1.29 is 0 Å². The Bertz CT molecular complexity index is 99.0. The van der Waals surface area contributed by atoms with Gasteiger partial charge in [-0.2, -0.15) is 0 Å². The molecule has 0 fully saturated rings. The van der Waals surface area contributed by atoms with Gasteiger partial charge in [-0.15, -0.1) is 5.75 Å². The molecule has 0 bridgehead atoms. The number of rotatable bonds is 4. The van der Waals surface area contributed by atoms with Crippen molar-refractivity contribution in [3.63, 3.8) is 0 Å². The maximum Gasteiger partial charge on any atom is -0.0552 e. The van der Waals surface area contributed by atoms with E-state index in [1.165, 1.54) is 12.8 Å². The molecule has 0 spiro atoms. The summed E-state index contributed by atoms with van der Waals surface area (Å²) in [5, 5.41) is 0. The van der Waals surface area contributed by atoms with Crippen LogP contribution in [-0.2, 0) is 20.4 Å². The van der Waals surface area contributed by atoms with Crippen molar-refractivity contribution in [2.24, 2.45) is 0 Å². The van der Waals surface area contributed by atoms with Gasteiger partial charge in [-0.1, -0.05) is 26.2 Å². The van der Waals surface area contributed by atoms with E-state index in [2.05, 4.69) is 18.1 Å². The van der Waals surface area contributed by atoms with Gasteiger partial charge in [-0.3, -0.25) is 11.2 Å². The zero-order valence-corrected chi connectivity index (χ0v) is 6.78. The highest BCUT2D eigenvalue weighted by atomic mass is 32.8.